The summed E-state index contributed by atoms with van der Waals surface area (Å²) >= 11 is 0. The fraction of sp³-hybridized carbons (Fsp3) is 0.107. The molecule has 0 atom stereocenters. The van der Waals surface area contributed by atoms with Gasteiger partial charge in [0.2, 0.25) is 16.7 Å². The van der Waals surface area contributed by atoms with Gasteiger partial charge in [-0.05, 0) is 49.6 Å². The third kappa shape index (κ3) is 3.35. The van der Waals surface area contributed by atoms with E-state index < -0.39 is 23.3 Å². The molecule has 0 radical (unpaired) electrons. The summed E-state index contributed by atoms with van der Waals surface area (Å²) in [5, 5.41) is 0.817. The monoisotopic (exact) mass is 446 g/mol. The van der Waals surface area contributed by atoms with Crippen molar-refractivity contribution in [1.82, 2.24) is 0 Å². The number of halogens is 4. The summed E-state index contributed by atoms with van der Waals surface area (Å²) in [6.45, 7) is 5.81. The van der Waals surface area contributed by atoms with Gasteiger partial charge in [0.15, 0.2) is 23.3 Å². The van der Waals surface area contributed by atoms with Crippen molar-refractivity contribution in [3.8, 4) is 16.8 Å². The molecule has 164 valence electrons. The molecule has 1 aromatic heterocycles. The minimum absolute atomic E-state index is 0.355. The van der Waals surface area contributed by atoms with Gasteiger partial charge in [-0.3, -0.25) is 0 Å². The summed E-state index contributed by atoms with van der Waals surface area (Å²) in [6.07, 6.45) is 0. The molecule has 0 fully saturated rings. The molecule has 33 heavy (non-hydrogen) atoms. The summed E-state index contributed by atoms with van der Waals surface area (Å²) in [4.78, 5) is 0. The lowest BCUT2D eigenvalue weighted by Crippen LogP contribution is -2.33. The largest absolute Gasteiger partial charge is 0.222 e. The van der Waals surface area contributed by atoms with Crippen LogP contribution in [0, 0.1) is 44.0 Å². The second kappa shape index (κ2) is 7.69. The molecule has 1 nitrogen and oxygen atoms in total. The second-order valence-corrected chi connectivity index (χ2v) is 8.39. The minimum atomic E-state index is -1.02. The number of hydrogen-bond acceptors (Lipinski definition) is 0. The highest BCUT2D eigenvalue weighted by Gasteiger charge is 2.28. The molecule has 0 saturated carbocycles. The minimum Gasteiger partial charge on any atom is -0.204 e. The van der Waals surface area contributed by atoms with Crippen molar-refractivity contribution < 1.29 is 22.1 Å². The Morgan fingerprint density at radius 1 is 0.545 bits per heavy atom. The summed E-state index contributed by atoms with van der Waals surface area (Å²) in [5.41, 5.74) is 5.51. The van der Waals surface area contributed by atoms with Gasteiger partial charge in [-0.1, -0.05) is 35.9 Å². The van der Waals surface area contributed by atoms with E-state index in [0.717, 1.165) is 46.5 Å². The first-order chi connectivity index (χ1) is 15.8. The first kappa shape index (κ1) is 21.1. The van der Waals surface area contributed by atoms with E-state index in [1.807, 2.05) is 39.0 Å². The van der Waals surface area contributed by atoms with Crippen LogP contribution < -0.4 is 4.57 Å². The lowest BCUT2D eigenvalue weighted by atomic mass is 9.88. The van der Waals surface area contributed by atoms with Crippen LogP contribution in [-0.2, 0) is 0 Å². The summed E-state index contributed by atoms with van der Waals surface area (Å²) < 4.78 is 59.8. The number of benzene rings is 4. The predicted molar refractivity (Wildman–Crippen MR) is 122 cm³/mol. The highest BCUT2D eigenvalue weighted by molar-refractivity contribution is 6.08. The average molecular weight is 446 g/mol. The predicted octanol–water partition coefficient (Wildman–Crippen LogP) is 7.42. The average Bonchev–Trinajstić information content (AvgIpc) is 2.76. The molecule has 0 amide bonds. The van der Waals surface area contributed by atoms with Gasteiger partial charge in [-0.15, -0.1) is 0 Å². The zero-order chi connectivity index (χ0) is 23.4. The molecule has 4 aromatic carbocycles. The topological polar surface area (TPSA) is 3.88 Å². The standard InChI is InChI=1S/C28H20F4N/c1-15-9-16(2)27(17(3)10-15)28-19-11-21(29)23(31)13-25(19)33(18-7-5-4-6-8-18)26-14-24(32)22(30)12-20(26)28/h4-14H,1-3H3/q+1. The van der Waals surface area contributed by atoms with Gasteiger partial charge in [0, 0.05) is 29.8 Å². The lowest BCUT2D eigenvalue weighted by molar-refractivity contribution is -0.538. The molecule has 0 unspecified atom stereocenters. The number of para-hydroxylation sites is 1. The van der Waals surface area contributed by atoms with Gasteiger partial charge in [-0.2, -0.15) is 4.57 Å². The fourth-order valence-corrected chi connectivity index (χ4v) is 4.82. The molecule has 5 rings (SSSR count). The Balaban J connectivity index is 2.11. The Hall–Kier alpha value is -3.73. The quantitative estimate of drug-likeness (QED) is 0.151. The van der Waals surface area contributed by atoms with Gasteiger partial charge in [0.25, 0.3) is 0 Å². The van der Waals surface area contributed by atoms with Crippen molar-refractivity contribution in [2.24, 2.45) is 0 Å². The maximum Gasteiger partial charge on any atom is 0.222 e. The van der Waals surface area contributed by atoms with Gasteiger partial charge >= 0.3 is 0 Å². The molecule has 0 bridgehead atoms. The maximum absolute atomic E-state index is 14.6. The van der Waals surface area contributed by atoms with Crippen LogP contribution in [0.5, 0.6) is 0 Å². The molecule has 0 aliphatic rings. The van der Waals surface area contributed by atoms with E-state index in [-0.39, 0.29) is 0 Å². The van der Waals surface area contributed by atoms with E-state index in [4.69, 9.17) is 0 Å². The van der Waals surface area contributed by atoms with E-state index in [1.54, 1.807) is 28.8 Å². The zero-order valence-corrected chi connectivity index (χ0v) is 18.3. The zero-order valence-electron chi connectivity index (χ0n) is 18.3. The third-order valence-corrected chi connectivity index (χ3v) is 6.04. The van der Waals surface area contributed by atoms with E-state index in [0.29, 0.717) is 33.1 Å². The van der Waals surface area contributed by atoms with Crippen molar-refractivity contribution in [1.29, 1.82) is 0 Å². The van der Waals surface area contributed by atoms with Crippen LogP contribution in [0.4, 0.5) is 17.6 Å². The molecule has 0 aliphatic heterocycles. The second-order valence-electron chi connectivity index (χ2n) is 8.39. The number of pyridine rings is 1. The number of nitrogens with zero attached hydrogens (tertiary/aromatic N) is 1. The van der Waals surface area contributed by atoms with Crippen LogP contribution in [0.15, 0.2) is 66.7 Å². The smallest absolute Gasteiger partial charge is 0.204 e. The van der Waals surface area contributed by atoms with Crippen LogP contribution in [0.1, 0.15) is 16.7 Å². The molecule has 0 saturated heterocycles. The number of hydrogen-bond donors (Lipinski definition) is 0. The molecular weight excluding hydrogens is 426 g/mol. The van der Waals surface area contributed by atoms with Crippen LogP contribution in [0.3, 0.4) is 0 Å². The SMILES string of the molecule is Cc1cc(C)c(-c2c3cc(F)c(F)cc3[n+](-c3ccccc3)c3cc(F)c(F)cc23)c(C)c1. The Labute approximate surface area is 188 Å². The third-order valence-electron chi connectivity index (χ3n) is 6.04. The first-order valence-corrected chi connectivity index (χ1v) is 10.6. The van der Waals surface area contributed by atoms with Crippen LogP contribution in [0.2, 0.25) is 0 Å². The molecular formula is C28H20F4N+. The summed E-state index contributed by atoms with van der Waals surface area (Å²) in [7, 11) is 0. The van der Waals surface area contributed by atoms with Gasteiger partial charge in [-0.25, -0.2) is 17.6 Å². The summed E-state index contributed by atoms with van der Waals surface area (Å²) in [5.74, 6) is -4.05. The molecule has 5 heteroatoms. The highest BCUT2D eigenvalue weighted by Crippen LogP contribution is 2.40. The van der Waals surface area contributed by atoms with Crippen LogP contribution in [-0.4, -0.2) is 0 Å². The van der Waals surface area contributed by atoms with E-state index in [1.165, 1.54) is 0 Å². The first-order valence-electron chi connectivity index (χ1n) is 10.6. The van der Waals surface area contributed by atoms with Crippen molar-refractivity contribution >= 4 is 21.8 Å². The molecule has 0 aliphatic carbocycles. The van der Waals surface area contributed by atoms with Crippen molar-refractivity contribution in [3.05, 3.63) is 107 Å². The van der Waals surface area contributed by atoms with E-state index in [2.05, 4.69) is 0 Å². The van der Waals surface area contributed by atoms with Gasteiger partial charge < -0.3 is 0 Å². The maximum atomic E-state index is 14.6. The van der Waals surface area contributed by atoms with Gasteiger partial charge in [0.05, 0.1) is 10.8 Å². The number of aromatic nitrogens is 1. The fourth-order valence-electron chi connectivity index (χ4n) is 4.82. The van der Waals surface area contributed by atoms with Crippen LogP contribution >= 0.6 is 0 Å². The van der Waals surface area contributed by atoms with Crippen molar-refractivity contribution in [2.75, 3.05) is 0 Å². The molecule has 0 N–H and O–H groups in total. The molecule has 0 spiro atoms. The summed E-state index contributed by atoms with van der Waals surface area (Å²) in [6, 6.07) is 17.4. The van der Waals surface area contributed by atoms with Crippen molar-refractivity contribution in [3.63, 3.8) is 0 Å². The Morgan fingerprint density at radius 2 is 1.00 bits per heavy atom. The van der Waals surface area contributed by atoms with Crippen LogP contribution in [0.25, 0.3) is 38.6 Å². The Morgan fingerprint density at radius 3 is 1.48 bits per heavy atom. The Kier molecular flexibility index (Phi) is 4.93. The number of aryl methyl sites for hydroxylation is 3. The van der Waals surface area contributed by atoms with E-state index in [9.17, 15) is 17.6 Å². The number of fused-ring (bicyclic) bond motifs is 2. The normalized spacial score (nSPS) is 11.5. The highest BCUT2D eigenvalue weighted by atomic mass is 19.2. The molecule has 5 aromatic rings. The van der Waals surface area contributed by atoms with Crippen molar-refractivity contribution in [2.45, 2.75) is 20.8 Å². The number of rotatable bonds is 2. The lowest BCUT2D eigenvalue weighted by Gasteiger charge is -2.17. The molecule has 1 heterocycles. The van der Waals surface area contributed by atoms with E-state index >= 15 is 0 Å². The Bertz CT molecular complexity index is 1480. The van der Waals surface area contributed by atoms with Gasteiger partial charge in [0.1, 0.15) is 0 Å².